The van der Waals surface area contributed by atoms with Gasteiger partial charge in [-0.05, 0) is 4.08 Å². The molecule has 0 heterocycles. The van der Waals surface area contributed by atoms with E-state index in [-0.39, 0.29) is 0 Å². The summed E-state index contributed by atoms with van der Waals surface area (Å²) in [4.78, 5) is 0. The van der Waals surface area contributed by atoms with E-state index in [4.69, 9.17) is 4.74 Å². The van der Waals surface area contributed by atoms with E-state index in [9.17, 15) is 0 Å². The Morgan fingerprint density at radius 1 is 1.83 bits per heavy atom. The predicted molar refractivity (Wildman–Crippen MR) is 35.0 cm³/mol. The highest BCUT2D eigenvalue weighted by atomic mass is 127. The molecule has 0 aromatic heterocycles. The lowest BCUT2D eigenvalue weighted by atomic mass is 10.7. The molecule has 0 radical (unpaired) electrons. The summed E-state index contributed by atoms with van der Waals surface area (Å²) in [5.74, 6) is 0. The van der Waals surface area contributed by atoms with E-state index >= 15 is 0 Å². The fourth-order valence-electron chi connectivity index (χ4n) is 0.133. The van der Waals surface area contributed by atoms with Gasteiger partial charge in [0.05, 0.1) is 6.61 Å². The molecule has 0 unspecified atom stereocenters. The van der Waals surface area contributed by atoms with Crippen LogP contribution in [0.15, 0.2) is 10.2 Å². The fourth-order valence-corrected chi connectivity index (χ4v) is 0.340. The SMILES string of the molecule is COC/C=C\I. The molecule has 0 N–H and O–H groups in total. The molecule has 0 aliphatic carbocycles. The molecule has 2 heteroatoms. The zero-order chi connectivity index (χ0) is 4.83. The molecule has 0 atom stereocenters. The summed E-state index contributed by atoms with van der Waals surface area (Å²) in [6, 6.07) is 0. The van der Waals surface area contributed by atoms with Crippen molar-refractivity contribution in [2.45, 2.75) is 0 Å². The van der Waals surface area contributed by atoms with Gasteiger partial charge in [0, 0.05) is 7.11 Å². The first kappa shape index (κ1) is 6.43. The minimum atomic E-state index is 0.725. The third-order valence-electron chi connectivity index (χ3n) is 0.352. The van der Waals surface area contributed by atoms with Gasteiger partial charge < -0.3 is 4.74 Å². The molecule has 6 heavy (non-hydrogen) atoms. The van der Waals surface area contributed by atoms with Crippen molar-refractivity contribution in [1.82, 2.24) is 0 Å². The Morgan fingerprint density at radius 3 is 2.67 bits per heavy atom. The summed E-state index contributed by atoms with van der Waals surface area (Å²) in [5, 5.41) is 0. The van der Waals surface area contributed by atoms with E-state index in [1.165, 1.54) is 0 Å². The summed E-state index contributed by atoms with van der Waals surface area (Å²) >= 11 is 2.15. The topological polar surface area (TPSA) is 9.23 Å². The van der Waals surface area contributed by atoms with Crippen molar-refractivity contribution in [2.75, 3.05) is 13.7 Å². The van der Waals surface area contributed by atoms with Crippen LogP contribution in [0, 0.1) is 0 Å². The van der Waals surface area contributed by atoms with Crippen LogP contribution < -0.4 is 0 Å². The second kappa shape index (κ2) is 5.43. The lowest BCUT2D eigenvalue weighted by molar-refractivity contribution is 0.234. The maximum absolute atomic E-state index is 4.69. The Kier molecular flexibility index (Phi) is 5.82. The lowest BCUT2D eigenvalue weighted by Gasteiger charge is -1.81. The van der Waals surface area contributed by atoms with Crippen molar-refractivity contribution < 1.29 is 4.74 Å². The number of methoxy groups -OCH3 is 1. The molecule has 0 bridgehead atoms. The zero-order valence-electron chi connectivity index (χ0n) is 3.65. The van der Waals surface area contributed by atoms with Crippen molar-refractivity contribution in [1.29, 1.82) is 0 Å². The van der Waals surface area contributed by atoms with Crippen molar-refractivity contribution in [2.24, 2.45) is 0 Å². The van der Waals surface area contributed by atoms with Crippen LogP contribution in [-0.4, -0.2) is 13.7 Å². The summed E-state index contributed by atoms with van der Waals surface area (Å²) in [5.41, 5.74) is 0. The molecule has 0 aromatic carbocycles. The van der Waals surface area contributed by atoms with Crippen molar-refractivity contribution in [3.05, 3.63) is 10.2 Å². The summed E-state index contributed by atoms with van der Waals surface area (Å²) < 4.78 is 6.62. The minimum Gasteiger partial charge on any atom is -0.381 e. The highest BCUT2D eigenvalue weighted by Crippen LogP contribution is 1.81. The van der Waals surface area contributed by atoms with Crippen LogP contribution in [0.5, 0.6) is 0 Å². The van der Waals surface area contributed by atoms with E-state index in [1.807, 2.05) is 10.2 Å². The highest BCUT2D eigenvalue weighted by molar-refractivity contribution is 14.1. The summed E-state index contributed by atoms with van der Waals surface area (Å²) in [6.45, 7) is 0.725. The van der Waals surface area contributed by atoms with Gasteiger partial charge in [-0.15, -0.1) is 0 Å². The average molecular weight is 198 g/mol. The van der Waals surface area contributed by atoms with Crippen molar-refractivity contribution >= 4 is 22.6 Å². The third kappa shape index (κ3) is 4.43. The van der Waals surface area contributed by atoms with Crippen LogP contribution in [0.1, 0.15) is 0 Å². The second-order valence-corrected chi connectivity index (χ2v) is 1.54. The van der Waals surface area contributed by atoms with Crippen molar-refractivity contribution in [3.63, 3.8) is 0 Å². The van der Waals surface area contributed by atoms with Gasteiger partial charge >= 0.3 is 0 Å². The predicted octanol–water partition coefficient (Wildman–Crippen LogP) is 1.58. The Labute approximate surface area is 51.5 Å². The molecular weight excluding hydrogens is 191 g/mol. The zero-order valence-corrected chi connectivity index (χ0v) is 5.81. The molecule has 0 amide bonds. The molecular formula is C4H7IO. The molecule has 0 saturated heterocycles. The first-order chi connectivity index (χ1) is 2.91. The molecule has 1 nitrogen and oxygen atoms in total. The van der Waals surface area contributed by atoms with E-state index < -0.39 is 0 Å². The molecule has 0 aromatic rings. The van der Waals surface area contributed by atoms with Crippen LogP contribution in [-0.2, 0) is 4.74 Å². The van der Waals surface area contributed by atoms with Gasteiger partial charge in [0.2, 0.25) is 0 Å². The van der Waals surface area contributed by atoms with E-state index in [1.54, 1.807) is 7.11 Å². The number of hydrogen-bond donors (Lipinski definition) is 0. The molecule has 0 fully saturated rings. The first-order valence-corrected chi connectivity index (χ1v) is 2.90. The van der Waals surface area contributed by atoms with Crippen LogP contribution in [0.25, 0.3) is 0 Å². The Hall–Kier alpha value is 0.430. The third-order valence-corrected chi connectivity index (χ3v) is 0.861. The fraction of sp³-hybridized carbons (Fsp3) is 0.500. The minimum absolute atomic E-state index is 0.725. The van der Waals surface area contributed by atoms with Gasteiger partial charge in [-0.25, -0.2) is 0 Å². The van der Waals surface area contributed by atoms with Crippen LogP contribution in [0.4, 0.5) is 0 Å². The monoisotopic (exact) mass is 198 g/mol. The number of halogens is 1. The van der Waals surface area contributed by atoms with Gasteiger partial charge in [-0.2, -0.15) is 0 Å². The maximum atomic E-state index is 4.69. The number of rotatable bonds is 2. The molecule has 36 valence electrons. The second-order valence-electron chi connectivity index (χ2n) is 0.817. The molecule has 0 spiro atoms. The average Bonchev–Trinajstić information content (AvgIpc) is 1.61. The Balaban J connectivity index is 2.66. The standard InChI is InChI=1S/C4H7IO/c1-6-4-2-3-5/h2-3H,4H2,1H3/b3-2-. The van der Waals surface area contributed by atoms with Crippen molar-refractivity contribution in [3.8, 4) is 0 Å². The van der Waals surface area contributed by atoms with Gasteiger partial charge in [0.15, 0.2) is 0 Å². The van der Waals surface area contributed by atoms with E-state index in [0.717, 1.165) is 6.61 Å². The van der Waals surface area contributed by atoms with Gasteiger partial charge in [-0.3, -0.25) is 0 Å². The van der Waals surface area contributed by atoms with E-state index in [0.29, 0.717) is 0 Å². The van der Waals surface area contributed by atoms with Crippen LogP contribution in [0.2, 0.25) is 0 Å². The number of hydrogen-bond acceptors (Lipinski definition) is 1. The van der Waals surface area contributed by atoms with Crippen LogP contribution >= 0.6 is 22.6 Å². The van der Waals surface area contributed by atoms with Gasteiger partial charge in [-0.1, -0.05) is 28.7 Å². The van der Waals surface area contributed by atoms with Gasteiger partial charge in [0.25, 0.3) is 0 Å². The summed E-state index contributed by atoms with van der Waals surface area (Å²) in [6.07, 6.45) is 1.94. The van der Waals surface area contributed by atoms with Gasteiger partial charge in [0.1, 0.15) is 0 Å². The Morgan fingerprint density at radius 2 is 2.50 bits per heavy atom. The lowest BCUT2D eigenvalue weighted by Crippen LogP contribution is -1.77. The largest absolute Gasteiger partial charge is 0.381 e. The van der Waals surface area contributed by atoms with Crippen LogP contribution in [0.3, 0.4) is 0 Å². The molecule has 0 rings (SSSR count). The maximum Gasteiger partial charge on any atom is 0.0651 e. The molecule has 0 saturated carbocycles. The highest BCUT2D eigenvalue weighted by Gasteiger charge is 1.63. The quantitative estimate of drug-likeness (QED) is 0.612. The molecule has 0 aliphatic heterocycles. The smallest absolute Gasteiger partial charge is 0.0651 e. The normalized spacial score (nSPS) is 10.3. The van der Waals surface area contributed by atoms with E-state index in [2.05, 4.69) is 22.6 Å². The Bertz CT molecular complexity index is 42.8. The summed E-state index contributed by atoms with van der Waals surface area (Å²) in [7, 11) is 1.68. The number of ether oxygens (including phenoxy) is 1. The first-order valence-electron chi connectivity index (χ1n) is 1.66. The molecule has 0 aliphatic rings.